The molecule has 0 bridgehead atoms. The van der Waals surface area contributed by atoms with Crippen molar-refractivity contribution >= 4 is 5.96 Å². The summed E-state index contributed by atoms with van der Waals surface area (Å²) in [5.41, 5.74) is 5.89. The van der Waals surface area contributed by atoms with Crippen molar-refractivity contribution in [2.24, 2.45) is 16.6 Å². The number of rotatable bonds is 1. The number of hydrogen-bond acceptors (Lipinski definition) is 1. The molecule has 3 nitrogen and oxygen atoms in total. The minimum atomic E-state index is 0.545. The van der Waals surface area contributed by atoms with Crippen molar-refractivity contribution in [2.45, 2.75) is 39.7 Å². The summed E-state index contributed by atoms with van der Waals surface area (Å²) in [6, 6.07) is 0.545. The first kappa shape index (κ1) is 10.4. The predicted octanol–water partition coefficient (Wildman–Crippen LogP) is 1.44. The number of nitrogens with two attached hydrogens (primary N) is 1. The summed E-state index contributed by atoms with van der Waals surface area (Å²) in [6.45, 7) is 8.40. The van der Waals surface area contributed by atoms with Crippen molar-refractivity contribution in [1.82, 2.24) is 4.90 Å². The van der Waals surface area contributed by atoms with Crippen molar-refractivity contribution in [1.29, 1.82) is 0 Å². The number of piperidine rings is 1. The Bertz CT molecular complexity index is 189. The molecule has 0 aliphatic carbocycles. The molecule has 1 rings (SSSR count). The van der Waals surface area contributed by atoms with Crippen LogP contribution in [0.1, 0.15) is 33.6 Å². The monoisotopic (exact) mass is 183 g/mol. The molecule has 76 valence electrons. The molecule has 13 heavy (non-hydrogen) atoms. The highest BCUT2D eigenvalue weighted by molar-refractivity contribution is 5.78. The zero-order valence-corrected chi connectivity index (χ0v) is 8.95. The molecule has 0 aromatic heterocycles. The van der Waals surface area contributed by atoms with Gasteiger partial charge < -0.3 is 10.6 Å². The Morgan fingerprint density at radius 3 is 2.85 bits per heavy atom. The number of aliphatic imine (C=N–C) groups is 1. The molecule has 0 aromatic rings. The summed E-state index contributed by atoms with van der Waals surface area (Å²) >= 11 is 0. The van der Waals surface area contributed by atoms with Crippen molar-refractivity contribution in [3.63, 3.8) is 0 Å². The smallest absolute Gasteiger partial charge is 0.191 e. The van der Waals surface area contributed by atoms with Gasteiger partial charge in [0.05, 0.1) is 0 Å². The maximum atomic E-state index is 5.89. The first-order valence-corrected chi connectivity index (χ1v) is 5.23. The molecule has 2 atom stereocenters. The predicted molar refractivity (Wildman–Crippen MR) is 56.7 cm³/mol. The zero-order valence-electron chi connectivity index (χ0n) is 8.95. The minimum Gasteiger partial charge on any atom is -0.370 e. The lowest BCUT2D eigenvalue weighted by atomic mass is 9.92. The van der Waals surface area contributed by atoms with Crippen LogP contribution >= 0.6 is 0 Å². The van der Waals surface area contributed by atoms with Crippen molar-refractivity contribution in [3.05, 3.63) is 0 Å². The van der Waals surface area contributed by atoms with Gasteiger partial charge in [0, 0.05) is 19.1 Å². The van der Waals surface area contributed by atoms with Gasteiger partial charge in [-0.1, -0.05) is 6.92 Å². The average Bonchev–Trinajstić information content (AvgIpc) is 2.10. The van der Waals surface area contributed by atoms with E-state index in [1.54, 1.807) is 0 Å². The Hall–Kier alpha value is -0.730. The molecule has 0 radical (unpaired) electrons. The third kappa shape index (κ3) is 2.36. The molecule has 1 aliphatic rings. The quantitative estimate of drug-likeness (QED) is 0.494. The maximum Gasteiger partial charge on any atom is 0.191 e. The van der Waals surface area contributed by atoms with E-state index in [1.807, 2.05) is 6.92 Å². The van der Waals surface area contributed by atoms with Crippen LogP contribution in [-0.2, 0) is 0 Å². The lowest BCUT2D eigenvalue weighted by molar-refractivity contribution is 0.189. The molecule has 1 fully saturated rings. The summed E-state index contributed by atoms with van der Waals surface area (Å²) in [5.74, 6) is 1.46. The largest absolute Gasteiger partial charge is 0.370 e. The van der Waals surface area contributed by atoms with Gasteiger partial charge in [-0.25, -0.2) is 0 Å². The molecule has 1 aliphatic heterocycles. The van der Waals surface area contributed by atoms with Gasteiger partial charge in [-0.15, -0.1) is 0 Å². The van der Waals surface area contributed by atoms with Crippen LogP contribution in [0.3, 0.4) is 0 Å². The third-order valence-corrected chi connectivity index (χ3v) is 2.99. The highest BCUT2D eigenvalue weighted by Crippen LogP contribution is 2.22. The normalized spacial score (nSPS) is 30.7. The van der Waals surface area contributed by atoms with E-state index in [2.05, 4.69) is 23.7 Å². The molecule has 0 amide bonds. The van der Waals surface area contributed by atoms with Gasteiger partial charge in [-0.05, 0) is 32.6 Å². The van der Waals surface area contributed by atoms with Gasteiger partial charge >= 0.3 is 0 Å². The van der Waals surface area contributed by atoms with E-state index >= 15 is 0 Å². The van der Waals surface area contributed by atoms with Gasteiger partial charge in [0.25, 0.3) is 0 Å². The number of nitrogens with zero attached hydrogens (tertiary/aromatic N) is 2. The van der Waals surface area contributed by atoms with Crippen molar-refractivity contribution < 1.29 is 0 Å². The van der Waals surface area contributed by atoms with Crippen LogP contribution in [0, 0.1) is 5.92 Å². The van der Waals surface area contributed by atoms with Gasteiger partial charge in [-0.2, -0.15) is 0 Å². The highest BCUT2D eigenvalue weighted by atomic mass is 15.3. The van der Waals surface area contributed by atoms with Gasteiger partial charge in [-0.3, -0.25) is 4.99 Å². The van der Waals surface area contributed by atoms with Gasteiger partial charge in [0.1, 0.15) is 0 Å². The molecule has 2 N–H and O–H groups in total. The van der Waals surface area contributed by atoms with E-state index in [4.69, 9.17) is 5.73 Å². The fourth-order valence-corrected chi connectivity index (χ4v) is 1.91. The van der Waals surface area contributed by atoms with E-state index in [0.29, 0.717) is 6.04 Å². The van der Waals surface area contributed by atoms with E-state index in [0.717, 1.165) is 25.0 Å². The fraction of sp³-hybridized carbons (Fsp3) is 0.900. The Balaban J connectivity index is 2.62. The number of likely N-dealkylation sites (tertiary alicyclic amines) is 1. The summed E-state index contributed by atoms with van der Waals surface area (Å²) < 4.78 is 0. The Morgan fingerprint density at radius 1 is 1.54 bits per heavy atom. The van der Waals surface area contributed by atoms with Crippen LogP contribution in [-0.4, -0.2) is 30.0 Å². The minimum absolute atomic E-state index is 0.545. The van der Waals surface area contributed by atoms with Crippen LogP contribution in [0.2, 0.25) is 0 Å². The molecular weight excluding hydrogens is 162 g/mol. The number of hydrogen-bond donors (Lipinski definition) is 1. The van der Waals surface area contributed by atoms with Crippen LogP contribution in [0.25, 0.3) is 0 Å². The topological polar surface area (TPSA) is 41.6 Å². The fourth-order valence-electron chi connectivity index (χ4n) is 1.91. The van der Waals surface area contributed by atoms with Crippen LogP contribution in [0.15, 0.2) is 4.99 Å². The Kier molecular flexibility index (Phi) is 3.58. The lowest BCUT2D eigenvalue weighted by Gasteiger charge is -2.38. The second-order valence-corrected chi connectivity index (χ2v) is 3.89. The third-order valence-electron chi connectivity index (χ3n) is 2.99. The first-order valence-electron chi connectivity index (χ1n) is 5.23. The zero-order chi connectivity index (χ0) is 9.84. The standard InChI is InChI=1S/C10H21N3/c1-4-12-10(11)13-7-5-6-8(2)9(13)3/h8-9H,4-7H2,1-3H3,(H2,11,12). The molecule has 2 unspecified atom stereocenters. The van der Waals surface area contributed by atoms with Gasteiger partial charge in [0.15, 0.2) is 5.96 Å². The highest BCUT2D eigenvalue weighted by Gasteiger charge is 2.25. The molecule has 0 aromatic carbocycles. The molecule has 0 spiro atoms. The lowest BCUT2D eigenvalue weighted by Crippen LogP contribution is -2.49. The molecular formula is C10H21N3. The van der Waals surface area contributed by atoms with E-state index in [-0.39, 0.29) is 0 Å². The summed E-state index contributed by atoms with van der Waals surface area (Å²) in [4.78, 5) is 6.49. The van der Waals surface area contributed by atoms with E-state index < -0.39 is 0 Å². The van der Waals surface area contributed by atoms with Crippen LogP contribution in [0.5, 0.6) is 0 Å². The van der Waals surface area contributed by atoms with Crippen molar-refractivity contribution in [3.8, 4) is 0 Å². The summed E-state index contributed by atoms with van der Waals surface area (Å²) in [5, 5.41) is 0. The second-order valence-electron chi connectivity index (χ2n) is 3.89. The molecule has 1 saturated heterocycles. The SMILES string of the molecule is CCN=C(N)N1CCCC(C)C1C. The summed E-state index contributed by atoms with van der Waals surface area (Å²) in [7, 11) is 0. The maximum absolute atomic E-state index is 5.89. The number of guanidine groups is 1. The Morgan fingerprint density at radius 2 is 2.23 bits per heavy atom. The van der Waals surface area contributed by atoms with Gasteiger partial charge in [0.2, 0.25) is 0 Å². The molecule has 0 saturated carbocycles. The van der Waals surface area contributed by atoms with E-state index in [9.17, 15) is 0 Å². The molecule has 1 heterocycles. The van der Waals surface area contributed by atoms with Crippen molar-refractivity contribution in [2.75, 3.05) is 13.1 Å². The first-order chi connectivity index (χ1) is 6.16. The van der Waals surface area contributed by atoms with Crippen LogP contribution in [0.4, 0.5) is 0 Å². The average molecular weight is 183 g/mol. The van der Waals surface area contributed by atoms with Crippen LogP contribution < -0.4 is 5.73 Å². The second kappa shape index (κ2) is 4.49. The Labute approximate surface area is 81.0 Å². The summed E-state index contributed by atoms with van der Waals surface area (Å²) in [6.07, 6.45) is 2.56. The molecule has 3 heteroatoms. The van der Waals surface area contributed by atoms with E-state index in [1.165, 1.54) is 12.8 Å².